The van der Waals surface area contributed by atoms with Gasteiger partial charge in [0.25, 0.3) is 5.91 Å². The number of ether oxygens (including phenoxy) is 1. The van der Waals surface area contributed by atoms with E-state index in [1.54, 1.807) is 31.2 Å². The van der Waals surface area contributed by atoms with E-state index in [-0.39, 0.29) is 20.8 Å². The zero-order valence-corrected chi connectivity index (χ0v) is 17.7. The molecule has 1 aliphatic rings. The number of nitrogens with zero attached hydrogens (tertiary/aromatic N) is 1. The Morgan fingerprint density at radius 3 is 2.34 bits per heavy atom. The molecule has 0 bridgehead atoms. The second-order valence-electron chi connectivity index (χ2n) is 6.47. The summed E-state index contributed by atoms with van der Waals surface area (Å²) in [6.45, 7) is 1.08. The van der Waals surface area contributed by atoms with Crippen LogP contribution in [-0.2, 0) is 15.1 Å². The van der Waals surface area contributed by atoms with Crippen molar-refractivity contribution in [1.29, 1.82) is 0 Å². The number of nitrogens with one attached hydrogen (secondary N) is 2. The van der Waals surface area contributed by atoms with Gasteiger partial charge >= 0.3 is 6.03 Å². The summed E-state index contributed by atoms with van der Waals surface area (Å²) in [5.41, 5.74) is -0.520. The molecule has 4 amide bonds. The molecule has 0 saturated carbocycles. The minimum atomic E-state index is -1.30. The third-order valence-corrected chi connectivity index (χ3v) is 5.56. The molecule has 1 unspecified atom stereocenters. The fourth-order valence-corrected chi connectivity index (χ4v) is 3.51. The number of carbonyl (C=O) groups is 3. The number of carbonyl (C=O) groups excluding carboxylic acids is 3. The summed E-state index contributed by atoms with van der Waals surface area (Å²) in [6, 6.07) is 8.81. The molecule has 1 aliphatic heterocycles. The van der Waals surface area contributed by atoms with Gasteiger partial charge in [-0.2, -0.15) is 0 Å². The van der Waals surface area contributed by atoms with Crippen LogP contribution in [0.15, 0.2) is 36.4 Å². The molecule has 10 heteroatoms. The van der Waals surface area contributed by atoms with E-state index in [0.29, 0.717) is 11.3 Å². The fourth-order valence-electron chi connectivity index (χ4n) is 2.91. The van der Waals surface area contributed by atoms with Gasteiger partial charge in [0.1, 0.15) is 17.8 Å². The van der Waals surface area contributed by atoms with Crippen molar-refractivity contribution < 1.29 is 19.1 Å². The third-order valence-electron chi connectivity index (χ3n) is 4.53. The Morgan fingerprint density at radius 1 is 1.10 bits per heavy atom. The summed E-state index contributed by atoms with van der Waals surface area (Å²) < 4.78 is 5.10. The first kappa shape index (κ1) is 21.2. The van der Waals surface area contributed by atoms with Gasteiger partial charge in [0.05, 0.1) is 27.9 Å². The molecule has 2 aromatic rings. The van der Waals surface area contributed by atoms with Crippen molar-refractivity contribution in [1.82, 2.24) is 10.2 Å². The summed E-state index contributed by atoms with van der Waals surface area (Å²) in [7, 11) is 1.53. The highest BCUT2D eigenvalue weighted by molar-refractivity contribution is 6.44. The highest BCUT2D eigenvalue weighted by atomic mass is 35.5. The van der Waals surface area contributed by atoms with Gasteiger partial charge in [-0.3, -0.25) is 14.5 Å². The van der Waals surface area contributed by atoms with Crippen molar-refractivity contribution in [3.8, 4) is 5.75 Å². The lowest BCUT2D eigenvalue weighted by molar-refractivity contribution is -0.133. The van der Waals surface area contributed by atoms with E-state index < -0.39 is 29.9 Å². The number of rotatable bonds is 5. The summed E-state index contributed by atoms with van der Waals surface area (Å²) in [5.74, 6) is -0.556. The standard InChI is InChI=1S/C19H16Cl3N3O4/c1-19(10-3-5-11(29-2)6-4-10)17(27)25(18(28)24-19)9-16(26)23-15-8-13(21)12(20)7-14(15)22/h3-8H,9H2,1-2H3,(H,23,26)(H,24,28). The third kappa shape index (κ3) is 4.12. The van der Waals surface area contributed by atoms with E-state index in [2.05, 4.69) is 10.6 Å². The van der Waals surface area contributed by atoms with Gasteiger partial charge in [0.15, 0.2) is 0 Å². The Labute approximate surface area is 181 Å². The Balaban J connectivity index is 1.76. The molecule has 2 N–H and O–H groups in total. The zero-order chi connectivity index (χ0) is 21.3. The van der Waals surface area contributed by atoms with Crippen LogP contribution in [0.1, 0.15) is 12.5 Å². The average Bonchev–Trinajstić information content (AvgIpc) is 2.90. The largest absolute Gasteiger partial charge is 0.497 e. The first-order valence-corrected chi connectivity index (χ1v) is 9.52. The smallest absolute Gasteiger partial charge is 0.325 e. The number of urea groups is 1. The maximum atomic E-state index is 12.9. The van der Waals surface area contributed by atoms with Crippen molar-refractivity contribution in [3.63, 3.8) is 0 Å². The fraction of sp³-hybridized carbons (Fsp3) is 0.211. The van der Waals surface area contributed by atoms with E-state index in [0.717, 1.165) is 4.90 Å². The van der Waals surface area contributed by atoms with E-state index in [1.165, 1.54) is 19.2 Å². The quantitative estimate of drug-likeness (QED) is 0.525. The van der Waals surface area contributed by atoms with Crippen LogP contribution in [0.25, 0.3) is 0 Å². The van der Waals surface area contributed by atoms with Gasteiger partial charge in [0.2, 0.25) is 5.91 Å². The Bertz CT molecular complexity index is 997. The lowest BCUT2D eigenvalue weighted by atomic mass is 9.92. The summed E-state index contributed by atoms with van der Waals surface area (Å²) in [5, 5.41) is 5.77. The summed E-state index contributed by atoms with van der Waals surface area (Å²) in [6.07, 6.45) is 0. The molecular weight excluding hydrogens is 441 g/mol. The Hall–Kier alpha value is -2.48. The molecule has 7 nitrogen and oxygen atoms in total. The first-order chi connectivity index (χ1) is 13.7. The minimum absolute atomic E-state index is 0.174. The molecule has 1 heterocycles. The van der Waals surface area contributed by atoms with Crippen LogP contribution >= 0.6 is 34.8 Å². The second-order valence-corrected chi connectivity index (χ2v) is 7.69. The molecule has 152 valence electrons. The lowest BCUT2D eigenvalue weighted by Crippen LogP contribution is -2.42. The number of methoxy groups -OCH3 is 1. The van der Waals surface area contributed by atoms with E-state index in [1.807, 2.05) is 0 Å². The maximum Gasteiger partial charge on any atom is 0.325 e. The van der Waals surface area contributed by atoms with Gasteiger partial charge in [0, 0.05) is 0 Å². The predicted molar refractivity (Wildman–Crippen MR) is 111 cm³/mol. The Morgan fingerprint density at radius 2 is 1.72 bits per heavy atom. The number of anilines is 1. The van der Waals surface area contributed by atoms with E-state index >= 15 is 0 Å². The van der Waals surface area contributed by atoms with Crippen LogP contribution in [0, 0.1) is 0 Å². The summed E-state index contributed by atoms with van der Waals surface area (Å²) >= 11 is 17.8. The van der Waals surface area contributed by atoms with Gasteiger partial charge < -0.3 is 15.4 Å². The second kappa shape index (κ2) is 8.10. The van der Waals surface area contributed by atoms with Crippen LogP contribution in [-0.4, -0.2) is 36.4 Å². The van der Waals surface area contributed by atoms with Crippen LogP contribution in [0.2, 0.25) is 15.1 Å². The zero-order valence-electron chi connectivity index (χ0n) is 15.4. The lowest BCUT2D eigenvalue weighted by Gasteiger charge is -2.22. The Kier molecular flexibility index (Phi) is 5.93. The van der Waals surface area contributed by atoms with Crippen molar-refractivity contribution in [2.24, 2.45) is 0 Å². The van der Waals surface area contributed by atoms with Crippen molar-refractivity contribution in [3.05, 3.63) is 57.0 Å². The predicted octanol–water partition coefficient (Wildman–Crippen LogP) is 4.06. The summed E-state index contributed by atoms with van der Waals surface area (Å²) in [4.78, 5) is 38.5. The van der Waals surface area contributed by atoms with Crippen molar-refractivity contribution >= 4 is 58.3 Å². The van der Waals surface area contributed by atoms with E-state index in [4.69, 9.17) is 39.5 Å². The van der Waals surface area contributed by atoms with Gasteiger partial charge in [-0.05, 0) is 36.8 Å². The molecule has 2 aromatic carbocycles. The average molecular weight is 457 g/mol. The molecule has 0 radical (unpaired) electrons. The molecular formula is C19H16Cl3N3O4. The van der Waals surface area contributed by atoms with E-state index in [9.17, 15) is 14.4 Å². The van der Waals surface area contributed by atoms with Gasteiger partial charge in [-0.1, -0.05) is 46.9 Å². The molecule has 0 aliphatic carbocycles. The van der Waals surface area contributed by atoms with Crippen LogP contribution in [0.5, 0.6) is 5.75 Å². The van der Waals surface area contributed by atoms with Crippen LogP contribution < -0.4 is 15.4 Å². The molecule has 0 aromatic heterocycles. The van der Waals surface area contributed by atoms with Gasteiger partial charge in [-0.15, -0.1) is 0 Å². The molecule has 1 saturated heterocycles. The van der Waals surface area contributed by atoms with Gasteiger partial charge in [-0.25, -0.2) is 4.79 Å². The van der Waals surface area contributed by atoms with Crippen LogP contribution in [0.4, 0.5) is 10.5 Å². The van der Waals surface area contributed by atoms with Crippen molar-refractivity contribution in [2.75, 3.05) is 19.0 Å². The van der Waals surface area contributed by atoms with Crippen LogP contribution in [0.3, 0.4) is 0 Å². The molecule has 1 atom stereocenters. The molecule has 29 heavy (non-hydrogen) atoms. The molecule has 0 spiro atoms. The number of hydrogen-bond acceptors (Lipinski definition) is 4. The maximum absolute atomic E-state index is 12.9. The van der Waals surface area contributed by atoms with Crippen molar-refractivity contribution in [2.45, 2.75) is 12.5 Å². The normalized spacial score (nSPS) is 18.6. The highest BCUT2D eigenvalue weighted by Crippen LogP contribution is 2.33. The SMILES string of the molecule is COc1ccc(C2(C)NC(=O)N(CC(=O)Nc3cc(Cl)c(Cl)cc3Cl)C2=O)cc1. The number of amides is 4. The molecule has 1 fully saturated rings. The highest BCUT2D eigenvalue weighted by Gasteiger charge is 2.49. The number of hydrogen-bond donors (Lipinski definition) is 2. The number of imide groups is 1. The monoisotopic (exact) mass is 455 g/mol. The minimum Gasteiger partial charge on any atom is -0.497 e. The number of benzene rings is 2. The number of halogens is 3. The first-order valence-electron chi connectivity index (χ1n) is 8.38. The molecule has 3 rings (SSSR count). The topological polar surface area (TPSA) is 87.7 Å².